The van der Waals surface area contributed by atoms with Crippen molar-refractivity contribution in [2.24, 2.45) is 0 Å². The maximum absolute atomic E-state index is 11.2. The molecule has 0 atom stereocenters. The van der Waals surface area contributed by atoms with Crippen LogP contribution in [0.25, 0.3) is 0 Å². The molecule has 0 bridgehead atoms. The van der Waals surface area contributed by atoms with Crippen molar-refractivity contribution in [2.75, 3.05) is 20.3 Å². The summed E-state index contributed by atoms with van der Waals surface area (Å²) in [7, 11) is 1.50. The van der Waals surface area contributed by atoms with Crippen molar-refractivity contribution < 1.29 is 14.3 Å². The van der Waals surface area contributed by atoms with Gasteiger partial charge in [-0.3, -0.25) is 4.79 Å². The quantitative estimate of drug-likeness (QED) is 0.602. The van der Waals surface area contributed by atoms with Crippen LogP contribution in [0, 0.1) is 0 Å². The standard InChI is InChI=1S/C8H16O3/c1-5-11-8(2,3)7(9)6-10-4/h5-6H2,1-4H3. The van der Waals surface area contributed by atoms with Gasteiger partial charge in [-0.1, -0.05) is 0 Å². The summed E-state index contributed by atoms with van der Waals surface area (Å²) in [5.74, 6) is -0.0261. The summed E-state index contributed by atoms with van der Waals surface area (Å²) in [5.41, 5.74) is -0.704. The predicted molar refractivity (Wildman–Crippen MR) is 42.6 cm³/mol. The van der Waals surface area contributed by atoms with Crippen molar-refractivity contribution >= 4 is 5.78 Å². The Kier molecular flexibility index (Phi) is 4.30. The molecule has 0 saturated carbocycles. The molecule has 0 aromatic rings. The van der Waals surface area contributed by atoms with Crippen LogP contribution in [0.3, 0.4) is 0 Å². The van der Waals surface area contributed by atoms with Crippen molar-refractivity contribution in [2.45, 2.75) is 26.4 Å². The largest absolute Gasteiger partial charge is 0.377 e. The Bertz CT molecular complexity index is 129. The fourth-order valence-corrected chi connectivity index (χ4v) is 0.746. The van der Waals surface area contributed by atoms with Gasteiger partial charge in [0.05, 0.1) is 0 Å². The number of methoxy groups -OCH3 is 1. The first-order valence-electron chi connectivity index (χ1n) is 3.70. The Morgan fingerprint density at radius 3 is 2.36 bits per heavy atom. The van der Waals surface area contributed by atoms with E-state index >= 15 is 0 Å². The monoisotopic (exact) mass is 160 g/mol. The van der Waals surface area contributed by atoms with Gasteiger partial charge in [-0.25, -0.2) is 0 Å². The van der Waals surface area contributed by atoms with E-state index in [1.807, 2.05) is 6.92 Å². The van der Waals surface area contributed by atoms with Crippen molar-refractivity contribution in [3.8, 4) is 0 Å². The van der Waals surface area contributed by atoms with Gasteiger partial charge in [-0.05, 0) is 20.8 Å². The van der Waals surface area contributed by atoms with E-state index in [2.05, 4.69) is 0 Å². The molecule has 0 aromatic carbocycles. The van der Waals surface area contributed by atoms with Crippen LogP contribution in [0.15, 0.2) is 0 Å². The summed E-state index contributed by atoms with van der Waals surface area (Å²) in [5, 5.41) is 0. The first-order valence-corrected chi connectivity index (χ1v) is 3.70. The number of carbonyl (C=O) groups is 1. The lowest BCUT2D eigenvalue weighted by molar-refractivity contribution is -0.143. The van der Waals surface area contributed by atoms with E-state index in [-0.39, 0.29) is 12.4 Å². The number of ketones is 1. The molecule has 0 aromatic heterocycles. The van der Waals surface area contributed by atoms with Gasteiger partial charge >= 0.3 is 0 Å². The topological polar surface area (TPSA) is 35.5 Å². The van der Waals surface area contributed by atoms with E-state index in [9.17, 15) is 4.79 Å². The first kappa shape index (κ1) is 10.6. The molecular weight excluding hydrogens is 144 g/mol. The van der Waals surface area contributed by atoms with Crippen molar-refractivity contribution in [3.05, 3.63) is 0 Å². The van der Waals surface area contributed by atoms with Crippen LogP contribution in [0.1, 0.15) is 20.8 Å². The number of hydrogen-bond acceptors (Lipinski definition) is 3. The molecule has 11 heavy (non-hydrogen) atoms. The van der Waals surface area contributed by atoms with Crippen LogP contribution in [0.4, 0.5) is 0 Å². The maximum atomic E-state index is 11.2. The molecule has 0 radical (unpaired) electrons. The van der Waals surface area contributed by atoms with E-state index in [1.165, 1.54) is 7.11 Å². The molecule has 0 fully saturated rings. The molecule has 0 aliphatic heterocycles. The van der Waals surface area contributed by atoms with Crippen LogP contribution in [0.5, 0.6) is 0 Å². The normalized spacial score (nSPS) is 11.6. The van der Waals surface area contributed by atoms with Gasteiger partial charge in [-0.2, -0.15) is 0 Å². The van der Waals surface area contributed by atoms with Crippen LogP contribution in [-0.4, -0.2) is 31.7 Å². The minimum absolute atomic E-state index is 0.0261. The summed E-state index contributed by atoms with van der Waals surface area (Å²) >= 11 is 0. The molecule has 66 valence electrons. The molecule has 0 unspecified atom stereocenters. The number of hydrogen-bond donors (Lipinski definition) is 0. The smallest absolute Gasteiger partial charge is 0.189 e. The fraction of sp³-hybridized carbons (Fsp3) is 0.875. The highest BCUT2D eigenvalue weighted by Crippen LogP contribution is 2.09. The molecule has 0 aliphatic carbocycles. The highest BCUT2D eigenvalue weighted by atomic mass is 16.5. The van der Waals surface area contributed by atoms with Crippen molar-refractivity contribution in [1.29, 1.82) is 0 Å². The number of rotatable bonds is 5. The van der Waals surface area contributed by atoms with Crippen LogP contribution in [0.2, 0.25) is 0 Å². The minimum atomic E-state index is -0.704. The van der Waals surface area contributed by atoms with E-state index < -0.39 is 5.60 Å². The second kappa shape index (κ2) is 4.46. The van der Waals surface area contributed by atoms with Gasteiger partial charge in [-0.15, -0.1) is 0 Å². The third kappa shape index (κ3) is 3.49. The second-order valence-corrected chi connectivity index (χ2v) is 2.80. The average molecular weight is 160 g/mol. The van der Waals surface area contributed by atoms with E-state index in [4.69, 9.17) is 9.47 Å². The van der Waals surface area contributed by atoms with Gasteiger partial charge in [0.25, 0.3) is 0 Å². The molecular formula is C8H16O3. The number of Topliss-reactive ketones (excluding diaryl/α,β-unsaturated/α-hetero) is 1. The lowest BCUT2D eigenvalue weighted by Crippen LogP contribution is -2.37. The van der Waals surface area contributed by atoms with Gasteiger partial charge in [0.2, 0.25) is 0 Å². The van der Waals surface area contributed by atoms with Gasteiger partial charge < -0.3 is 9.47 Å². The molecule has 0 saturated heterocycles. The Hall–Kier alpha value is -0.410. The SMILES string of the molecule is CCOC(C)(C)C(=O)COC. The van der Waals surface area contributed by atoms with E-state index in [1.54, 1.807) is 13.8 Å². The summed E-state index contributed by atoms with van der Waals surface area (Å²) in [4.78, 5) is 11.2. The Morgan fingerprint density at radius 1 is 1.45 bits per heavy atom. The van der Waals surface area contributed by atoms with Crippen LogP contribution in [-0.2, 0) is 14.3 Å². The molecule has 0 heterocycles. The molecule has 0 N–H and O–H groups in total. The summed E-state index contributed by atoms with van der Waals surface area (Å²) < 4.78 is 9.92. The zero-order valence-electron chi connectivity index (χ0n) is 7.64. The zero-order chi connectivity index (χ0) is 8.91. The maximum Gasteiger partial charge on any atom is 0.189 e. The highest BCUT2D eigenvalue weighted by molar-refractivity contribution is 5.87. The van der Waals surface area contributed by atoms with Gasteiger partial charge in [0, 0.05) is 13.7 Å². The summed E-state index contributed by atoms with van der Waals surface area (Å²) in [6.07, 6.45) is 0. The van der Waals surface area contributed by atoms with Gasteiger partial charge in [0.1, 0.15) is 12.2 Å². The third-order valence-corrected chi connectivity index (χ3v) is 1.45. The first-order chi connectivity index (χ1) is 5.04. The third-order valence-electron chi connectivity index (χ3n) is 1.45. The van der Waals surface area contributed by atoms with Crippen molar-refractivity contribution in [3.63, 3.8) is 0 Å². The van der Waals surface area contributed by atoms with Crippen LogP contribution >= 0.6 is 0 Å². The lowest BCUT2D eigenvalue weighted by Gasteiger charge is -2.22. The molecule has 3 nitrogen and oxygen atoms in total. The lowest BCUT2D eigenvalue weighted by atomic mass is 10.0. The Balaban J connectivity index is 3.94. The van der Waals surface area contributed by atoms with Crippen molar-refractivity contribution in [1.82, 2.24) is 0 Å². The zero-order valence-corrected chi connectivity index (χ0v) is 7.64. The van der Waals surface area contributed by atoms with Gasteiger partial charge in [0.15, 0.2) is 5.78 Å². The average Bonchev–Trinajstić information content (AvgIpc) is 1.88. The second-order valence-electron chi connectivity index (χ2n) is 2.80. The number of ether oxygens (including phenoxy) is 2. The molecule has 0 spiro atoms. The Morgan fingerprint density at radius 2 is 2.00 bits per heavy atom. The van der Waals surface area contributed by atoms with E-state index in [0.717, 1.165) is 0 Å². The summed E-state index contributed by atoms with van der Waals surface area (Å²) in [6.45, 7) is 6.02. The molecule has 3 heteroatoms. The van der Waals surface area contributed by atoms with E-state index in [0.29, 0.717) is 6.61 Å². The predicted octanol–water partition coefficient (Wildman–Crippen LogP) is 1.02. The minimum Gasteiger partial charge on any atom is -0.377 e. The summed E-state index contributed by atoms with van der Waals surface area (Å²) in [6, 6.07) is 0. The number of carbonyl (C=O) groups excluding carboxylic acids is 1. The van der Waals surface area contributed by atoms with Crippen LogP contribution < -0.4 is 0 Å². The fourth-order valence-electron chi connectivity index (χ4n) is 0.746. The molecule has 0 rings (SSSR count). The highest BCUT2D eigenvalue weighted by Gasteiger charge is 2.26. The molecule has 0 aliphatic rings. The molecule has 0 amide bonds. The Labute approximate surface area is 67.7 Å².